The minimum atomic E-state index is -4.66. The number of halogens is 4. The molecule has 0 aliphatic heterocycles. The first-order valence-corrected chi connectivity index (χ1v) is 10.2. The Morgan fingerprint density at radius 2 is 1.68 bits per heavy atom. The molecule has 3 aromatic rings. The summed E-state index contributed by atoms with van der Waals surface area (Å²) < 4.78 is 40.5. The Morgan fingerprint density at radius 3 is 2.29 bits per heavy atom. The fourth-order valence-corrected chi connectivity index (χ4v) is 3.49. The van der Waals surface area contributed by atoms with Crippen molar-refractivity contribution in [1.29, 1.82) is 0 Å². The number of carbonyl (C=O) groups is 2. The highest BCUT2D eigenvalue weighted by Gasteiger charge is 2.34. The predicted molar refractivity (Wildman–Crippen MR) is 117 cm³/mol. The number of alkyl halides is 3. The van der Waals surface area contributed by atoms with Crippen molar-refractivity contribution in [2.24, 2.45) is 0 Å². The van der Waals surface area contributed by atoms with Gasteiger partial charge in [0.2, 0.25) is 0 Å². The average Bonchev–Trinajstić information content (AvgIpc) is 3.24. The van der Waals surface area contributed by atoms with E-state index in [0.717, 1.165) is 6.07 Å². The van der Waals surface area contributed by atoms with Gasteiger partial charge in [-0.05, 0) is 47.8 Å². The Morgan fingerprint density at radius 1 is 0.968 bits per heavy atom. The van der Waals surface area contributed by atoms with Gasteiger partial charge in [0.25, 0.3) is 11.8 Å². The minimum absolute atomic E-state index is 0.0377. The summed E-state index contributed by atoms with van der Waals surface area (Å²) in [5, 5.41) is 6.82. The van der Waals surface area contributed by atoms with Crippen LogP contribution in [-0.2, 0) is 6.18 Å². The van der Waals surface area contributed by atoms with E-state index in [4.69, 9.17) is 11.6 Å². The molecular formula is C21H17ClF3N3O2S. The summed E-state index contributed by atoms with van der Waals surface area (Å²) in [6.07, 6.45) is -4.66. The van der Waals surface area contributed by atoms with Gasteiger partial charge in [0.1, 0.15) is 0 Å². The van der Waals surface area contributed by atoms with E-state index in [1.54, 1.807) is 31.6 Å². The molecule has 0 saturated heterocycles. The van der Waals surface area contributed by atoms with E-state index in [2.05, 4.69) is 10.6 Å². The Labute approximate surface area is 185 Å². The molecule has 1 heterocycles. The highest BCUT2D eigenvalue weighted by molar-refractivity contribution is 7.12. The minimum Gasteiger partial charge on any atom is -0.378 e. The summed E-state index contributed by atoms with van der Waals surface area (Å²) in [6, 6.07) is 11.0. The van der Waals surface area contributed by atoms with Crippen LogP contribution in [0.3, 0.4) is 0 Å². The molecule has 0 atom stereocenters. The van der Waals surface area contributed by atoms with Crippen molar-refractivity contribution in [1.82, 2.24) is 0 Å². The second-order valence-corrected chi connectivity index (χ2v) is 8.06. The van der Waals surface area contributed by atoms with Crippen LogP contribution in [0.15, 0.2) is 53.9 Å². The molecule has 0 radical (unpaired) electrons. The van der Waals surface area contributed by atoms with Crippen LogP contribution < -0.4 is 15.5 Å². The fraction of sp³-hybridized carbons (Fsp3) is 0.143. The number of nitrogens with zero attached hydrogens (tertiary/aromatic N) is 1. The van der Waals surface area contributed by atoms with Crippen molar-refractivity contribution >= 4 is 51.8 Å². The Balaban J connectivity index is 1.86. The van der Waals surface area contributed by atoms with Gasteiger partial charge in [-0.25, -0.2) is 0 Å². The second kappa shape index (κ2) is 8.99. The van der Waals surface area contributed by atoms with E-state index in [-0.39, 0.29) is 22.0 Å². The average molecular weight is 468 g/mol. The van der Waals surface area contributed by atoms with Crippen LogP contribution in [0.1, 0.15) is 25.6 Å². The number of thiophene rings is 1. The van der Waals surface area contributed by atoms with Crippen LogP contribution in [0.2, 0.25) is 5.02 Å². The third kappa shape index (κ3) is 5.36. The number of amides is 2. The maximum Gasteiger partial charge on any atom is 0.418 e. The van der Waals surface area contributed by atoms with Gasteiger partial charge in [-0.2, -0.15) is 13.2 Å². The van der Waals surface area contributed by atoms with Gasteiger partial charge in [0.15, 0.2) is 0 Å². The Bertz CT molecular complexity index is 1120. The molecule has 0 bridgehead atoms. The molecule has 0 aliphatic rings. The van der Waals surface area contributed by atoms with Crippen LogP contribution in [0.5, 0.6) is 0 Å². The molecule has 3 rings (SSSR count). The number of anilines is 3. The number of rotatable bonds is 5. The standard InChI is InChI=1S/C21H17ClF3N3O2S/c1-28(2)13-6-8-16(14(11-13)21(23,24)25)26-19(29)12-5-7-15(22)17(10-12)27-20(30)18-4-3-9-31-18/h3-11H,1-2H3,(H,26,29)(H,27,30). The van der Waals surface area contributed by atoms with Gasteiger partial charge in [0, 0.05) is 25.3 Å². The monoisotopic (exact) mass is 467 g/mol. The van der Waals surface area contributed by atoms with Gasteiger partial charge in [0.05, 0.1) is 26.8 Å². The topological polar surface area (TPSA) is 61.4 Å². The SMILES string of the molecule is CN(C)c1ccc(NC(=O)c2ccc(Cl)c(NC(=O)c3cccs3)c2)c(C(F)(F)F)c1. The van der Waals surface area contributed by atoms with Crippen molar-refractivity contribution < 1.29 is 22.8 Å². The molecule has 2 amide bonds. The van der Waals surface area contributed by atoms with Crippen LogP contribution >= 0.6 is 22.9 Å². The van der Waals surface area contributed by atoms with E-state index in [0.29, 0.717) is 10.6 Å². The van der Waals surface area contributed by atoms with Crippen LogP contribution in [-0.4, -0.2) is 25.9 Å². The highest BCUT2D eigenvalue weighted by Crippen LogP contribution is 2.37. The molecule has 31 heavy (non-hydrogen) atoms. The third-order valence-corrected chi connectivity index (χ3v) is 5.49. The lowest BCUT2D eigenvalue weighted by Gasteiger charge is -2.19. The van der Waals surface area contributed by atoms with E-state index in [1.165, 1.54) is 46.6 Å². The van der Waals surface area contributed by atoms with Crippen LogP contribution in [0.25, 0.3) is 0 Å². The lowest BCUT2D eigenvalue weighted by Crippen LogP contribution is -2.18. The second-order valence-electron chi connectivity index (χ2n) is 6.70. The van der Waals surface area contributed by atoms with Gasteiger partial charge in [-0.3, -0.25) is 9.59 Å². The zero-order chi connectivity index (χ0) is 22.8. The lowest BCUT2D eigenvalue weighted by molar-refractivity contribution is -0.136. The zero-order valence-corrected chi connectivity index (χ0v) is 18.0. The summed E-state index contributed by atoms with van der Waals surface area (Å²) in [5.74, 6) is -1.18. The lowest BCUT2D eigenvalue weighted by atomic mass is 10.1. The van der Waals surface area contributed by atoms with Crippen molar-refractivity contribution in [3.63, 3.8) is 0 Å². The Kier molecular flexibility index (Phi) is 6.56. The molecule has 162 valence electrons. The highest BCUT2D eigenvalue weighted by atomic mass is 35.5. The van der Waals surface area contributed by atoms with Crippen LogP contribution in [0, 0.1) is 0 Å². The molecule has 0 saturated carbocycles. The summed E-state index contributed by atoms with van der Waals surface area (Å²) in [4.78, 5) is 26.9. The fourth-order valence-electron chi connectivity index (χ4n) is 2.70. The smallest absolute Gasteiger partial charge is 0.378 e. The molecule has 0 fully saturated rings. The third-order valence-electron chi connectivity index (χ3n) is 4.29. The number of hydrogen-bond donors (Lipinski definition) is 2. The normalized spacial score (nSPS) is 11.2. The quantitative estimate of drug-likeness (QED) is 0.484. The molecule has 10 heteroatoms. The summed E-state index contributed by atoms with van der Waals surface area (Å²) in [7, 11) is 3.24. The van der Waals surface area contributed by atoms with Gasteiger partial charge in [-0.15, -0.1) is 11.3 Å². The predicted octanol–water partition coefficient (Wildman–Crippen LogP) is 5.99. The van der Waals surface area contributed by atoms with E-state index < -0.39 is 23.6 Å². The number of nitrogens with one attached hydrogen (secondary N) is 2. The zero-order valence-electron chi connectivity index (χ0n) is 16.4. The summed E-state index contributed by atoms with van der Waals surface area (Å²) >= 11 is 7.33. The summed E-state index contributed by atoms with van der Waals surface area (Å²) in [6.45, 7) is 0. The van der Waals surface area contributed by atoms with E-state index >= 15 is 0 Å². The molecular weight excluding hydrogens is 451 g/mol. The van der Waals surface area contributed by atoms with Gasteiger partial charge in [-0.1, -0.05) is 17.7 Å². The molecule has 5 nitrogen and oxygen atoms in total. The largest absolute Gasteiger partial charge is 0.418 e. The Hall–Kier alpha value is -3.04. The van der Waals surface area contributed by atoms with Crippen molar-refractivity contribution in [2.75, 3.05) is 29.6 Å². The summed E-state index contributed by atoms with van der Waals surface area (Å²) in [5.41, 5.74) is -0.785. The maximum atomic E-state index is 13.5. The first-order valence-electron chi connectivity index (χ1n) is 8.90. The molecule has 0 spiro atoms. The molecule has 0 unspecified atom stereocenters. The van der Waals surface area contributed by atoms with Gasteiger partial charge < -0.3 is 15.5 Å². The first-order chi connectivity index (χ1) is 14.6. The molecule has 1 aromatic heterocycles. The van der Waals surface area contributed by atoms with Gasteiger partial charge >= 0.3 is 6.18 Å². The van der Waals surface area contributed by atoms with Crippen LogP contribution in [0.4, 0.5) is 30.2 Å². The number of benzene rings is 2. The first kappa shape index (κ1) is 22.6. The molecule has 0 aliphatic carbocycles. The number of hydrogen-bond acceptors (Lipinski definition) is 4. The van der Waals surface area contributed by atoms with Crippen molar-refractivity contribution in [3.05, 3.63) is 74.9 Å². The van der Waals surface area contributed by atoms with Crippen molar-refractivity contribution in [2.45, 2.75) is 6.18 Å². The molecule has 2 N–H and O–H groups in total. The maximum absolute atomic E-state index is 13.5. The molecule has 2 aromatic carbocycles. The van der Waals surface area contributed by atoms with E-state index in [9.17, 15) is 22.8 Å². The number of carbonyl (C=O) groups excluding carboxylic acids is 2. The van der Waals surface area contributed by atoms with Crippen molar-refractivity contribution in [3.8, 4) is 0 Å². The van der Waals surface area contributed by atoms with E-state index in [1.807, 2.05) is 0 Å².